The van der Waals surface area contributed by atoms with Gasteiger partial charge in [-0.25, -0.2) is 0 Å². The summed E-state index contributed by atoms with van der Waals surface area (Å²) in [5.74, 6) is 0. The smallest absolute Gasteiger partial charge is 0.111 e. The van der Waals surface area contributed by atoms with Gasteiger partial charge in [0, 0.05) is 0 Å². The molecule has 0 aromatic heterocycles. The Kier molecular flexibility index (Phi) is 4.66. The number of nitrogens with two attached hydrogens (primary N) is 1. The molecule has 0 saturated carbocycles. The molecule has 0 spiro atoms. The second-order valence-electron chi connectivity index (χ2n) is 4.34. The largest absolute Gasteiger partial charge is 0.392 e. The van der Waals surface area contributed by atoms with Crippen LogP contribution >= 0.6 is 0 Å². The van der Waals surface area contributed by atoms with Crippen molar-refractivity contribution in [1.29, 1.82) is 0 Å². The lowest BCUT2D eigenvalue weighted by atomic mass is 9.89. The topological polar surface area (TPSA) is 116 Å². The lowest BCUT2D eigenvalue weighted by molar-refractivity contribution is -0.231. The zero-order chi connectivity index (χ0) is 12.5. The van der Waals surface area contributed by atoms with Crippen LogP contribution in [-0.2, 0) is 4.74 Å². The number of ether oxygens (including phenoxy) is 1. The predicted octanol–water partition coefficient (Wildman–Crippen LogP) is -2.05. The Morgan fingerprint density at radius 1 is 1.19 bits per heavy atom. The van der Waals surface area contributed by atoms with Crippen molar-refractivity contribution in [1.82, 2.24) is 0 Å². The fraction of sp³-hybridized carbons (Fsp3) is 1.00. The van der Waals surface area contributed by atoms with E-state index in [4.69, 9.17) is 10.5 Å². The van der Waals surface area contributed by atoms with Gasteiger partial charge in [-0.2, -0.15) is 0 Å². The van der Waals surface area contributed by atoms with Crippen molar-refractivity contribution in [2.45, 2.75) is 62.9 Å². The number of aliphatic hydroxyl groups is 4. The minimum atomic E-state index is -1.30. The highest BCUT2D eigenvalue weighted by Gasteiger charge is 2.45. The first kappa shape index (κ1) is 13.8. The minimum absolute atomic E-state index is 0.494. The average Bonchev–Trinajstić information content (AvgIpc) is 2.25. The maximum atomic E-state index is 9.71. The third-order valence-electron chi connectivity index (χ3n) is 3.09. The van der Waals surface area contributed by atoms with Crippen molar-refractivity contribution in [3.8, 4) is 0 Å². The van der Waals surface area contributed by atoms with Crippen LogP contribution < -0.4 is 5.73 Å². The molecule has 0 aromatic rings. The van der Waals surface area contributed by atoms with Gasteiger partial charge in [-0.3, -0.25) is 0 Å². The Morgan fingerprint density at radius 2 is 1.75 bits per heavy atom. The quantitative estimate of drug-likeness (QED) is 0.385. The third kappa shape index (κ3) is 2.53. The first-order chi connectivity index (χ1) is 7.40. The second-order valence-corrected chi connectivity index (χ2v) is 4.34. The molecule has 1 aliphatic heterocycles. The zero-order valence-corrected chi connectivity index (χ0v) is 9.52. The van der Waals surface area contributed by atoms with E-state index in [0.29, 0.717) is 6.42 Å². The molecule has 6 nitrogen and oxygen atoms in total. The molecule has 96 valence electrons. The molecule has 3 unspecified atom stereocenters. The maximum Gasteiger partial charge on any atom is 0.111 e. The summed E-state index contributed by atoms with van der Waals surface area (Å²) in [6.07, 6.45) is -5.53. The highest BCUT2D eigenvalue weighted by molar-refractivity contribution is 4.96. The third-order valence-corrected chi connectivity index (χ3v) is 3.09. The molecule has 0 amide bonds. The van der Waals surface area contributed by atoms with Crippen molar-refractivity contribution in [3.63, 3.8) is 0 Å². The highest BCUT2D eigenvalue weighted by atomic mass is 16.5. The molecule has 6 heteroatoms. The standard InChI is InChI=1S/C10H21NO5/c1-3-5-7(13)8(14)9(15)10(16-5)6(11)4(2)12/h4-10,12-15H,3,11H2,1-2H3/t4-,5?,6-,7+,8?,9?,10-/m1/s1. The van der Waals surface area contributed by atoms with Gasteiger partial charge in [-0.05, 0) is 13.3 Å². The van der Waals surface area contributed by atoms with Crippen LogP contribution in [0.2, 0.25) is 0 Å². The molecular weight excluding hydrogens is 214 g/mol. The van der Waals surface area contributed by atoms with Crippen molar-refractivity contribution >= 4 is 0 Å². The van der Waals surface area contributed by atoms with Crippen LogP contribution in [0.1, 0.15) is 20.3 Å². The lowest BCUT2D eigenvalue weighted by Gasteiger charge is -2.43. The van der Waals surface area contributed by atoms with Crippen LogP contribution in [-0.4, -0.2) is 63.1 Å². The predicted molar refractivity (Wildman–Crippen MR) is 56.6 cm³/mol. The first-order valence-electron chi connectivity index (χ1n) is 5.53. The summed E-state index contributed by atoms with van der Waals surface area (Å²) >= 11 is 0. The van der Waals surface area contributed by atoms with Crippen LogP contribution in [0.25, 0.3) is 0 Å². The monoisotopic (exact) mass is 235 g/mol. The van der Waals surface area contributed by atoms with E-state index in [1.54, 1.807) is 6.92 Å². The van der Waals surface area contributed by atoms with Crippen LogP contribution in [0.5, 0.6) is 0 Å². The second kappa shape index (κ2) is 5.39. The summed E-state index contributed by atoms with van der Waals surface area (Å²) in [7, 11) is 0. The van der Waals surface area contributed by atoms with Gasteiger partial charge >= 0.3 is 0 Å². The Balaban J connectivity index is 2.78. The SMILES string of the molecule is CCC1O[C@H]([C@H](N)[C@@H](C)O)C(O)C(O)[C@H]1O. The summed E-state index contributed by atoms with van der Waals surface area (Å²) < 4.78 is 5.41. The molecule has 0 radical (unpaired) electrons. The van der Waals surface area contributed by atoms with E-state index >= 15 is 0 Å². The molecule has 0 aromatic carbocycles. The molecule has 1 rings (SSSR count). The van der Waals surface area contributed by atoms with E-state index in [-0.39, 0.29) is 0 Å². The van der Waals surface area contributed by atoms with Gasteiger partial charge in [0.25, 0.3) is 0 Å². The Hall–Kier alpha value is -0.240. The van der Waals surface area contributed by atoms with Gasteiger partial charge < -0.3 is 30.9 Å². The molecule has 6 N–H and O–H groups in total. The van der Waals surface area contributed by atoms with Gasteiger partial charge in [-0.1, -0.05) is 6.92 Å². The van der Waals surface area contributed by atoms with Gasteiger partial charge in [0.1, 0.15) is 24.4 Å². The van der Waals surface area contributed by atoms with E-state index in [1.165, 1.54) is 6.92 Å². The van der Waals surface area contributed by atoms with Gasteiger partial charge in [-0.15, -0.1) is 0 Å². The Bertz CT molecular complexity index is 223. The number of hydrogen-bond donors (Lipinski definition) is 5. The molecule has 1 heterocycles. The maximum absolute atomic E-state index is 9.71. The molecule has 1 saturated heterocycles. The van der Waals surface area contributed by atoms with Gasteiger partial charge in [0.05, 0.1) is 18.2 Å². The summed E-state index contributed by atoms with van der Waals surface area (Å²) in [5, 5.41) is 38.3. The minimum Gasteiger partial charge on any atom is -0.392 e. The average molecular weight is 235 g/mol. The molecule has 0 bridgehead atoms. The summed E-state index contributed by atoms with van der Waals surface area (Å²) in [6.45, 7) is 3.28. The number of aliphatic hydroxyl groups excluding tert-OH is 4. The van der Waals surface area contributed by atoms with E-state index in [0.717, 1.165) is 0 Å². The van der Waals surface area contributed by atoms with Gasteiger partial charge in [0.2, 0.25) is 0 Å². The fourth-order valence-corrected chi connectivity index (χ4v) is 1.91. The normalized spacial score (nSPS) is 44.1. The van der Waals surface area contributed by atoms with Crippen molar-refractivity contribution in [2.24, 2.45) is 5.73 Å². The summed E-state index contributed by atoms with van der Waals surface area (Å²) in [4.78, 5) is 0. The Labute approximate surface area is 94.6 Å². The molecule has 7 atom stereocenters. The highest BCUT2D eigenvalue weighted by Crippen LogP contribution is 2.25. The van der Waals surface area contributed by atoms with Crippen LogP contribution in [0, 0.1) is 0 Å². The van der Waals surface area contributed by atoms with Crippen LogP contribution in [0.4, 0.5) is 0 Å². The summed E-state index contributed by atoms with van der Waals surface area (Å²) in [5.41, 5.74) is 5.68. The number of rotatable bonds is 3. The van der Waals surface area contributed by atoms with E-state index in [9.17, 15) is 20.4 Å². The van der Waals surface area contributed by atoms with Crippen molar-refractivity contribution in [2.75, 3.05) is 0 Å². The molecule has 1 aliphatic rings. The zero-order valence-electron chi connectivity index (χ0n) is 9.52. The molecular formula is C10H21NO5. The Morgan fingerprint density at radius 3 is 2.19 bits per heavy atom. The number of hydrogen-bond acceptors (Lipinski definition) is 6. The van der Waals surface area contributed by atoms with Crippen LogP contribution in [0.15, 0.2) is 0 Å². The summed E-state index contributed by atoms with van der Waals surface area (Å²) in [6, 6.07) is -0.800. The van der Waals surface area contributed by atoms with E-state index in [1.807, 2.05) is 0 Å². The molecule has 1 fully saturated rings. The van der Waals surface area contributed by atoms with E-state index in [2.05, 4.69) is 0 Å². The van der Waals surface area contributed by atoms with E-state index < -0.39 is 42.7 Å². The van der Waals surface area contributed by atoms with Crippen molar-refractivity contribution < 1.29 is 25.2 Å². The fourth-order valence-electron chi connectivity index (χ4n) is 1.91. The first-order valence-corrected chi connectivity index (χ1v) is 5.53. The lowest BCUT2D eigenvalue weighted by Crippen LogP contribution is -2.63. The molecule has 0 aliphatic carbocycles. The molecule has 16 heavy (non-hydrogen) atoms. The van der Waals surface area contributed by atoms with Crippen molar-refractivity contribution in [3.05, 3.63) is 0 Å². The van der Waals surface area contributed by atoms with Gasteiger partial charge in [0.15, 0.2) is 0 Å². The van der Waals surface area contributed by atoms with Crippen LogP contribution in [0.3, 0.4) is 0 Å².